The summed E-state index contributed by atoms with van der Waals surface area (Å²) in [7, 11) is 2.19. The molecule has 2 aromatic rings. The highest BCUT2D eigenvalue weighted by Gasteiger charge is 2.25. The fraction of sp³-hybridized carbons (Fsp3) is 0.400. The maximum Gasteiger partial charge on any atom is 0.0423 e. The van der Waals surface area contributed by atoms with Crippen LogP contribution in [0.5, 0.6) is 0 Å². The second-order valence-corrected chi connectivity index (χ2v) is 5.27. The molecule has 3 nitrogen and oxygen atoms in total. The van der Waals surface area contributed by atoms with Crippen molar-refractivity contribution < 1.29 is 0 Å². The summed E-state index contributed by atoms with van der Waals surface area (Å²) in [5.41, 5.74) is 1.22. The van der Waals surface area contributed by atoms with Crippen molar-refractivity contribution in [3.05, 3.63) is 36.7 Å². The molecular weight excluding hydrogens is 222 g/mol. The van der Waals surface area contributed by atoms with E-state index in [0.717, 1.165) is 6.54 Å². The summed E-state index contributed by atoms with van der Waals surface area (Å²) in [4.78, 5) is 6.58. The highest BCUT2D eigenvalue weighted by molar-refractivity contribution is 5.93. The van der Waals surface area contributed by atoms with Gasteiger partial charge in [0, 0.05) is 47.5 Å². The summed E-state index contributed by atoms with van der Waals surface area (Å²) < 4.78 is 0. The van der Waals surface area contributed by atoms with Crippen LogP contribution in [0.4, 0.5) is 5.69 Å². The third-order valence-electron chi connectivity index (χ3n) is 3.93. The van der Waals surface area contributed by atoms with Crippen LogP contribution in [-0.2, 0) is 0 Å². The van der Waals surface area contributed by atoms with Gasteiger partial charge in [0.05, 0.1) is 0 Å². The van der Waals surface area contributed by atoms with Gasteiger partial charge in [-0.05, 0) is 32.5 Å². The van der Waals surface area contributed by atoms with Crippen LogP contribution in [-0.4, -0.2) is 35.6 Å². The number of likely N-dealkylation sites (N-methyl/N-ethyl adjacent to an activating group) is 1. The second-order valence-electron chi connectivity index (χ2n) is 5.27. The summed E-state index contributed by atoms with van der Waals surface area (Å²) in [6.07, 6.45) is 4.98. The number of anilines is 1. The Bertz CT molecular complexity index is 537. The van der Waals surface area contributed by atoms with Gasteiger partial charge in [-0.1, -0.05) is 12.1 Å². The number of benzene rings is 1. The van der Waals surface area contributed by atoms with E-state index in [1.54, 1.807) is 0 Å². The number of pyridine rings is 1. The Morgan fingerprint density at radius 3 is 3.00 bits per heavy atom. The van der Waals surface area contributed by atoms with Gasteiger partial charge in [-0.2, -0.15) is 0 Å². The zero-order valence-corrected chi connectivity index (χ0v) is 10.9. The van der Waals surface area contributed by atoms with Gasteiger partial charge in [0.1, 0.15) is 0 Å². The van der Waals surface area contributed by atoms with Gasteiger partial charge >= 0.3 is 0 Å². The standard InChI is InChI=1S/C15H19N3/c1-11-8-13(10-18(11)2)17-15-5-3-4-12-9-16-7-6-14(12)15/h3-7,9,11,13,17H,8,10H2,1-2H3. The van der Waals surface area contributed by atoms with Gasteiger partial charge in [-0.25, -0.2) is 0 Å². The van der Waals surface area contributed by atoms with E-state index in [2.05, 4.69) is 53.4 Å². The van der Waals surface area contributed by atoms with Gasteiger partial charge < -0.3 is 10.2 Å². The van der Waals surface area contributed by atoms with Gasteiger partial charge in [0.2, 0.25) is 0 Å². The fourth-order valence-corrected chi connectivity index (χ4v) is 2.77. The molecule has 0 radical (unpaired) electrons. The molecule has 18 heavy (non-hydrogen) atoms. The van der Waals surface area contributed by atoms with Crippen LogP contribution in [0.25, 0.3) is 10.8 Å². The summed E-state index contributed by atoms with van der Waals surface area (Å²) in [6.45, 7) is 3.40. The molecule has 2 atom stereocenters. The fourth-order valence-electron chi connectivity index (χ4n) is 2.77. The Morgan fingerprint density at radius 1 is 1.33 bits per heavy atom. The average Bonchev–Trinajstić information content (AvgIpc) is 2.69. The summed E-state index contributed by atoms with van der Waals surface area (Å²) in [6, 6.07) is 9.65. The number of nitrogens with zero attached hydrogens (tertiary/aromatic N) is 2. The first-order chi connectivity index (χ1) is 8.74. The molecule has 0 saturated carbocycles. The minimum Gasteiger partial charge on any atom is -0.380 e. The van der Waals surface area contributed by atoms with Crippen LogP contribution in [0.3, 0.4) is 0 Å². The van der Waals surface area contributed by atoms with E-state index in [4.69, 9.17) is 0 Å². The molecule has 0 spiro atoms. The molecule has 1 N–H and O–H groups in total. The van der Waals surface area contributed by atoms with E-state index in [1.807, 2.05) is 12.4 Å². The molecular formula is C15H19N3. The smallest absolute Gasteiger partial charge is 0.0423 e. The van der Waals surface area contributed by atoms with Crippen molar-refractivity contribution >= 4 is 16.5 Å². The molecule has 0 aliphatic carbocycles. The topological polar surface area (TPSA) is 28.2 Å². The number of aromatic nitrogens is 1. The predicted octanol–water partition coefficient (Wildman–Crippen LogP) is 2.74. The monoisotopic (exact) mass is 241 g/mol. The van der Waals surface area contributed by atoms with Crippen LogP contribution in [0.1, 0.15) is 13.3 Å². The third-order valence-corrected chi connectivity index (χ3v) is 3.93. The SMILES string of the molecule is CC1CC(Nc2cccc3cnccc23)CN1C. The number of fused-ring (bicyclic) bond motifs is 1. The number of hydrogen-bond acceptors (Lipinski definition) is 3. The lowest BCUT2D eigenvalue weighted by Gasteiger charge is -2.16. The van der Waals surface area contributed by atoms with Gasteiger partial charge in [-0.15, -0.1) is 0 Å². The highest BCUT2D eigenvalue weighted by Crippen LogP contribution is 2.25. The van der Waals surface area contributed by atoms with Gasteiger partial charge in [0.25, 0.3) is 0 Å². The van der Waals surface area contributed by atoms with Crippen LogP contribution >= 0.6 is 0 Å². The molecule has 2 heterocycles. The lowest BCUT2D eigenvalue weighted by Crippen LogP contribution is -2.24. The van der Waals surface area contributed by atoms with E-state index in [-0.39, 0.29) is 0 Å². The molecule has 1 aromatic carbocycles. The third kappa shape index (κ3) is 2.06. The highest BCUT2D eigenvalue weighted by atomic mass is 15.2. The van der Waals surface area contributed by atoms with E-state index in [0.29, 0.717) is 12.1 Å². The largest absolute Gasteiger partial charge is 0.380 e. The normalized spacial score (nSPS) is 24.6. The Hall–Kier alpha value is -1.61. The summed E-state index contributed by atoms with van der Waals surface area (Å²) in [5, 5.41) is 6.13. The lowest BCUT2D eigenvalue weighted by molar-refractivity contribution is 0.330. The van der Waals surface area contributed by atoms with Gasteiger partial charge in [-0.3, -0.25) is 4.98 Å². The molecule has 2 unspecified atom stereocenters. The maximum atomic E-state index is 4.17. The van der Waals surface area contributed by atoms with E-state index in [9.17, 15) is 0 Å². The Morgan fingerprint density at radius 2 is 2.22 bits per heavy atom. The van der Waals surface area contributed by atoms with Crippen LogP contribution in [0.15, 0.2) is 36.7 Å². The first kappa shape index (κ1) is 11.5. The average molecular weight is 241 g/mol. The minimum atomic E-state index is 0.545. The van der Waals surface area contributed by atoms with E-state index >= 15 is 0 Å². The maximum absolute atomic E-state index is 4.17. The molecule has 1 saturated heterocycles. The molecule has 1 aliphatic rings. The van der Waals surface area contributed by atoms with Crippen molar-refractivity contribution in [3.8, 4) is 0 Å². The zero-order chi connectivity index (χ0) is 12.5. The van der Waals surface area contributed by atoms with Crippen molar-refractivity contribution in [2.24, 2.45) is 0 Å². The first-order valence-corrected chi connectivity index (χ1v) is 6.53. The van der Waals surface area contributed by atoms with E-state index in [1.165, 1.54) is 22.9 Å². The van der Waals surface area contributed by atoms with E-state index < -0.39 is 0 Å². The first-order valence-electron chi connectivity index (χ1n) is 6.53. The summed E-state index contributed by atoms with van der Waals surface area (Å²) in [5.74, 6) is 0. The van der Waals surface area contributed by atoms with Crippen molar-refractivity contribution in [2.75, 3.05) is 18.9 Å². The quantitative estimate of drug-likeness (QED) is 0.876. The van der Waals surface area contributed by atoms with Crippen LogP contribution in [0, 0.1) is 0 Å². The number of rotatable bonds is 2. The lowest BCUT2D eigenvalue weighted by atomic mass is 10.1. The Balaban J connectivity index is 1.87. The number of hydrogen-bond donors (Lipinski definition) is 1. The summed E-state index contributed by atoms with van der Waals surface area (Å²) >= 11 is 0. The van der Waals surface area contributed by atoms with Gasteiger partial charge in [0.15, 0.2) is 0 Å². The molecule has 1 aliphatic heterocycles. The second kappa shape index (κ2) is 4.58. The molecule has 0 bridgehead atoms. The molecule has 1 aromatic heterocycles. The van der Waals surface area contributed by atoms with Crippen molar-refractivity contribution in [1.82, 2.24) is 9.88 Å². The zero-order valence-electron chi connectivity index (χ0n) is 10.9. The Kier molecular flexibility index (Phi) is 2.92. The molecule has 3 rings (SSSR count). The minimum absolute atomic E-state index is 0.545. The predicted molar refractivity (Wildman–Crippen MR) is 75.9 cm³/mol. The van der Waals surface area contributed by atoms with Crippen molar-refractivity contribution in [3.63, 3.8) is 0 Å². The molecule has 1 fully saturated rings. The number of nitrogens with one attached hydrogen (secondary N) is 1. The number of likely N-dealkylation sites (tertiary alicyclic amines) is 1. The Labute approximate surface area is 108 Å². The van der Waals surface area contributed by atoms with Crippen LogP contribution in [0.2, 0.25) is 0 Å². The molecule has 0 amide bonds. The van der Waals surface area contributed by atoms with Crippen molar-refractivity contribution in [1.29, 1.82) is 0 Å². The van der Waals surface area contributed by atoms with Crippen LogP contribution < -0.4 is 5.32 Å². The molecule has 94 valence electrons. The molecule has 3 heteroatoms. The van der Waals surface area contributed by atoms with Crippen molar-refractivity contribution in [2.45, 2.75) is 25.4 Å².